The molecular formula is C21H31N5O2. The molecule has 0 spiro atoms. The minimum absolute atomic E-state index is 0.410. The van der Waals surface area contributed by atoms with Crippen LogP contribution >= 0.6 is 0 Å². The molecule has 2 atom stereocenters. The molecule has 7 heteroatoms. The SMILES string of the molecule is CN=C(NCCc1cc(OC)ccc1OC)N1CCC(C)C(n2ccnc2)C1. The van der Waals surface area contributed by atoms with Crippen molar-refractivity contribution in [1.82, 2.24) is 19.8 Å². The number of hydrogen-bond donors (Lipinski definition) is 1. The summed E-state index contributed by atoms with van der Waals surface area (Å²) >= 11 is 0. The summed E-state index contributed by atoms with van der Waals surface area (Å²) in [6.07, 6.45) is 7.77. The second-order valence-corrected chi connectivity index (χ2v) is 7.19. The van der Waals surface area contributed by atoms with E-state index in [9.17, 15) is 0 Å². The van der Waals surface area contributed by atoms with Gasteiger partial charge in [0.25, 0.3) is 0 Å². The molecule has 1 fully saturated rings. The van der Waals surface area contributed by atoms with Gasteiger partial charge in [-0.1, -0.05) is 6.92 Å². The number of benzene rings is 1. The Labute approximate surface area is 167 Å². The third kappa shape index (κ3) is 4.58. The summed E-state index contributed by atoms with van der Waals surface area (Å²) in [5.74, 6) is 3.28. The third-order valence-corrected chi connectivity index (χ3v) is 5.50. The van der Waals surface area contributed by atoms with Crippen molar-refractivity contribution >= 4 is 5.96 Å². The lowest BCUT2D eigenvalue weighted by atomic mass is 9.93. The third-order valence-electron chi connectivity index (χ3n) is 5.50. The topological polar surface area (TPSA) is 63.9 Å². The molecular weight excluding hydrogens is 354 g/mol. The van der Waals surface area contributed by atoms with E-state index in [-0.39, 0.29) is 0 Å². The summed E-state index contributed by atoms with van der Waals surface area (Å²) in [5, 5.41) is 3.51. The molecule has 1 saturated heterocycles. The summed E-state index contributed by atoms with van der Waals surface area (Å²) in [6, 6.07) is 6.30. The molecule has 0 aliphatic carbocycles. The van der Waals surface area contributed by atoms with Gasteiger partial charge in [-0.05, 0) is 42.5 Å². The molecule has 0 radical (unpaired) electrons. The van der Waals surface area contributed by atoms with Crippen LogP contribution in [0.3, 0.4) is 0 Å². The van der Waals surface area contributed by atoms with Gasteiger partial charge in [0, 0.05) is 39.1 Å². The van der Waals surface area contributed by atoms with Gasteiger partial charge in [-0.2, -0.15) is 0 Å². The second-order valence-electron chi connectivity index (χ2n) is 7.19. The van der Waals surface area contributed by atoms with E-state index >= 15 is 0 Å². The van der Waals surface area contributed by atoms with E-state index in [1.54, 1.807) is 14.2 Å². The average molecular weight is 386 g/mol. The molecule has 2 aromatic rings. The molecule has 1 aliphatic heterocycles. The first-order valence-electron chi connectivity index (χ1n) is 9.80. The van der Waals surface area contributed by atoms with Crippen molar-refractivity contribution in [3.63, 3.8) is 0 Å². The fourth-order valence-corrected chi connectivity index (χ4v) is 3.81. The van der Waals surface area contributed by atoms with Gasteiger partial charge in [-0.3, -0.25) is 4.99 Å². The number of aromatic nitrogens is 2. The Hall–Kier alpha value is -2.70. The molecule has 1 N–H and O–H groups in total. The maximum absolute atomic E-state index is 5.48. The summed E-state index contributed by atoms with van der Waals surface area (Å²) in [7, 11) is 5.22. The quantitative estimate of drug-likeness (QED) is 0.612. The number of likely N-dealkylation sites (tertiary alicyclic amines) is 1. The zero-order valence-electron chi connectivity index (χ0n) is 17.3. The first-order chi connectivity index (χ1) is 13.7. The zero-order chi connectivity index (χ0) is 19.9. The maximum Gasteiger partial charge on any atom is 0.193 e. The number of hydrogen-bond acceptors (Lipinski definition) is 4. The van der Waals surface area contributed by atoms with Gasteiger partial charge in [-0.25, -0.2) is 4.98 Å². The average Bonchev–Trinajstić information content (AvgIpc) is 3.26. The van der Waals surface area contributed by atoms with Crippen molar-refractivity contribution < 1.29 is 9.47 Å². The lowest BCUT2D eigenvalue weighted by Crippen LogP contribution is -2.49. The number of guanidine groups is 1. The fourth-order valence-electron chi connectivity index (χ4n) is 3.81. The molecule has 1 aromatic heterocycles. The van der Waals surface area contributed by atoms with E-state index < -0.39 is 0 Å². The summed E-state index contributed by atoms with van der Waals surface area (Å²) in [5.41, 5.74) is 1.12. The number of methoxy groups -OCH3 is 2. The maximum atomic E-state index is 5.48. The molecule has 1 aliphatic rings. The molecule has 0 bridgehead atoms. The Bertz CT molecular complexity index is 775. The monoisotopic (exact) mass is 385 g/mol. The van der Waals surface area contributed by atoms with Crippen LogP contribution in [-0.4, -0.2) is 61.3 Å². The lowest BCUT2D eigenvalue weighted by Gasteiger charge is -2.39. The minimum Gasteiger partial charge on any atom is -0.497 e. The number of ether oxygens (including phenoxy) is 2. The lowest BCUT2D eigenvalue weighted by molar-refractivity contribution is 0.189. The van der Waals surface area contributed by atoms with Crippen molar-refractivity contribution in [3.8, 4) is 11.5 Å². The van der Waals surface area contributed by atoms with E-state index in [1.165, 1.54) is 0 Å². The van der Waals surface area contributed by atoms with Gasteiger partial charge < -0.3 is 24.3 Å². The number of nitrogens with zero attached hydrogens (tertiary/aromatic N) is 4. The van der Waals surface area contributed by atoms with E-state index in [1.807, 2.05) is 37.8 Å². The number of imidazole rings is 1. The Kier molecular flexibility index (Phi) is 6.79. The highest BCUT2D eigenvalue weighted by Gasteiger charge is 2.28. The van der Waals surface area contributed by atoms with Crippen molar-refractivity contribution in [1.29, 1.82) is 0 Å². The predicted octanol–water partition coefficient (Wildman–Crippen LogP) is 2.60. The highest BCUT2D eigenvalue weighted by molar-refractivity contribution is 5.80. The number of rotatable bonds is 6. The number of nitrogens with one attached hydrogen (secondary N) is 1. The zero-order valence-corrected chi connectivity index (χ0v) is 17.3. The molecule has 0 saturated carbocycles. The molecule has 0 amide bonds. The van der Waals surface area contributed by atoms with Crippen molar-refractivity contribution in [3.05, 3.63) is 42.5 Å². The van der Waals surface area contributed by atoms with E-state index in [2.05, 4.69) is 37.9 Å². The van der Waals surface area contributed by atoms with Gasteiger partial charge in [0.15, 0.2) is 5.96 Å². The molecule has 152 valence electrons. The standard InChI is InChI=1S/C21H31N5O2/c1-16-8-11-25(14-19(16)26-12-10-23-15-26)21(22-2)24-9-7-17-13-18(27-3)5-6-20(17)28-4/h5-6,10,12-13,15-16,19H,7-9,11,14H2,1-4H3,(H,22,24). The smallest absolute Gasteiger partial charge is 0.193 e. The van der Waals surface area contributed by atoms with Crippen LogP contribution < -0.4 is 14.8 Å². The van der Waals surface area contributed by atoms with E-state index in [0.717, 1.165) is 55.5 Å². The van der Waals surface area contributed by atoms with Gasteiger partial charge in [-0.15, -0.1) is 0 Å². The Balaban J connectivity index is 1.60. The summed E-state index contributed by atoms with van der Waals surface area (Å²) in [4.78, 5) is 11.1. The number of aliphatic imine (C=N–C) groups is 1. The minimum atomic E-state index is 0.410. The van der Waals surface area contributed by atoms with Gasteiger partial charge in [0.2, 0.25) is 0 Å². The van der Waals surface area contributed by atoms with Gasteiger partial charge in [0.1, 0.15) is 11.5 Å². The van der Waals surface area contributed by atoms with Gasteiger partial charge >= 0.3 is 0 Å². The van der Waals surface area contributed by atoms with Crippen LogP contribution in [0.25, 0.3) is 0 Å². The van der Waals surface area contributed by atoms with Crippen molar-refractivity contribution in [2.45, 2.75) is 25.8 Å². The molecule has 2 unspecified atom stereocenters. The predicted molar refractivity (Wildman–Crippen MR) is 111 cm³/mol. The first-order valence-corrected chi connectivity index (χ1v) is 9.80. The summed E-state index contributed by atoms with van der Waals surface area (Å²) < 4.78 is 13.0. The van der Waals surface area contributed by atoms with Crippen LogP contribution in [-0.2, 0) is 6.42 Å². The van der Waals surface area contributed by atoms with Crippen LogP contribution in [0, 0.1) is 5.92 Å². The highest BCUT2D eigenvalue weighted by atomic mass is 16.5. The second kappa shape index (κ2) is 9.48. The molecule has 1 aromatic carbocycles. The van der Waals surface area contributed by atoms with Crippen LogP contribution in [0.15, 0.2) is 41.9 Å². The Morgan fingerprint density at radius 1 is 1.32 bits per heavy atom. The molecule has 7 nitrogen and oxygen atoms in total. The largest absolute Gasteiger partial charge is 0.497 e. The first kappa shape index (κ1) is 20.0. The highest BCUT2D eigenvalue weighted by Crippen LogP contribution is 2.27. The fraction of sp³-hybridized carbons (Fsp3) is 0.524. The van der Waals surface area contributed by atoms with Crippen molar-refractivity contribution in [2.24, 2.45) is 10.9 Å². The molecule has 2 heterocycles. The van der Waals surface area contributed by atoms with Crippen molar-refractivity contribution in [2.75, 3.05) is 40.9 Å². The van der Waals surface area contributed by atoms with Gasteiger partial charge in [0.05, 0.1) is 26.6 Å². The van der Waals surface area contributed by atoms with Crippen LogP contribution in [0.2, 0.25) is 0 Å². The molecule has 3 rings (SSSR count). The normalized spacial score (nSPS) is 20.1. The van der Waals surface area contributed by atoms with E-state index in [0.29, 0.717) is 12.0 Å². The number of piperidine rings is 1. The van der Waals surface area contributed by atoms with Crippen LogP contribution in [0.5, 0.6) is 11.5 Å². The van der Waals surface area contributed by atoms with E-state index in [4.69, 9.17) is 9.47 Å². The summed E-state index contributed by atoms with van der Waals surface area (Å²) in [6.45, 7) is 5.03. The Morgan fingerprint density at radius 2 is 2.18 bits per heavy atom. The van der Waals surface area contributed by atoms with Crippen LogP contribution in [0.1, 0.15) is 24.9 Å². The van der Waals surface area contributed by atoms with Crippen LogP contribution in [0.4, 0.5) is 0 Å². The molecule has 28 heavy (non-hydrogen) atoms. The Morgan fingerprint density at radius 3 is 2.86 bits per heavy atom.